The quantitative estimate of drug-likeness (QED) is 0.568. The molecule has 2 rings (SSSR count). The predicted molar refractivity (Wildman–Crippen MR) is 78.3 cm³/mol. The van der Waals surface area contributed by atoms with Gasteiger partial charge in [0.2, 0.25) is 10.0 Å². The van der Waals surface area contributed by atoms with E-state index in [2.05, 4.69) is 16.0 Å². The zero-order valence-electron chi connectivity index (χ0n) is 11.0. The van der Waals surface area contributed by atoms with Crippen molar-refractivity contribution in [1.82, 2.24) is 5.32 Å². The molecule has 1 amide bonds. The summed E-state index contributed by atoms with van der Waals surface area (Å²) in [6, 6.07) is 5.35. The molecule has 110 valence electrons. The van der Waals surface area contributed by atoms with Gasteiger partial charge < -0.3 is 16.0 Å². The van der Waals surface area contributed by atoms with Gasteiger partial charge in [0.25, 0.3) is 5.91 Å². The van der Waals surface area contributed by atoms with Gasteiger partial charge in [0, 0.05) is 25.2 Å². The van der Waals surface area contributed by atoms with E-state index in [9.17, 15) is 13.2 Å². The van der Waals surface area contributed by atoms with Crippen molar-refractivity contribution in [3.05, 3.63) is 23.8 Å². The number of hydrogen-bond acceptors (Lipinski definition) is 5. The van der Waals surface area contributed by atoms with Gasteiger partial charge in [0.15, 0.2) is 0 Å². The molecule has 0 unspecified atom stereocenters. The van der Waals surface area contributed by atoms with Crippen LogP contribution in [0.15, 0.2) is 18.2 Å². The van der Waals surface area contributed by atoms with E-state index in [1.54, 1.807) is 12.1 Å². The molecule has 5 N–H and O–H groups in total. The Morgan fingerprint density at radius 1 is 1.25 bits per heavy atom. The lowest BCUT2D eigenvalue weighted by atomic mass is 10.1. The summed E-state index contributed by atoms with van der Waals surface area (Å²) in [5.41, 5.74) is 2.41. The van der Waals surface area contributed by atoms with Crippen molar-refractivity contribution in [2.24, 2.45) is 5.14 Å². The highest BCUT2D eigenvalue weighted by Gasteiger charge is 2.12. The molecule has 0 atom stereocenters. The first-order valence-corrected chi connectivity index (χ1v) is 8.08. The second-order valence-corrected chi connectivity index (χ2v) is 6.32. The molecular weight excluding hydrogens is 280 g/mol. The Morgan fingerprint density at radius 3 is 2.65 bits per heavy atom. The Labute approximate surface area is 118 Å². The van der Waals surface area contributed by atoms with Crippen molar-refractivity contribution in [2.75, 3.05) is 36.0 Å². The first-order chi connectivity index (χ1) is 9.46. The molecule has 0 spiro atoms. The number of primary sulfonamides is 1. The monoisotopic (exact) mass is 298 g/mol. The van der Waals surface area contributed by atoms with Crippen LogP contribution >= 0.6 is 0 Å². The number of rotatable bonds is 5. The van der Waals surface area contributed by atoms with Crippen molar-refractivity contribution in [2.45, 2.75) is 6.42 Å². The number of amides is 1. The molecule has 1 aliphatic rings. The van der Waals surface area contributed by atoms with Gasteiger partial charge in [-0.2, -0.15) is 0 Å². The van der Waals surface area contributed by atoms with Crippen LogP contribution in [0.5, 0.6) is 0 Å². The first-order valence-electron chi connectivity index (χ1n) is 6.36. The number of carbonyl (C=O) groups is 1. The maximum Gasteiger partial charge on any atom is 0.251 e. The van der Waals surface area contributed by atoms with Crippen LogP contribution in [0.4, 0.5) is 11.4 Å². The Hall–Kier alpha value is -1.80. The maximum absolute atomic E-state index is 11.9. The Kier molecular flexibility index (Phi) is 4.46. The van der Waals surface area contributed by atoms with Crippen molar-refractivity contribution in [3.8, 4) is 0 Å². The number of hydrogen-bond donors (Lipinski definition) is 4. The van der Waals surface area contributed by atoms with E-state index in [-0.39, 0.29) is 18.2 Å². The third-order valence-electron chi connectivity index (χ3n) is 2.93. The average molecular weight is 298 g/mol. The molecular formula is C12H18N4O3S. The SMILES string of the molecule is NS(=O)(=O)CCCNC(=O)c1ccc2c(c1)NCCN2. The summed E-state index contributed by atoms with van der Waals surface area (Å²) >= 11 is 0. The number of benzene rings is 1. The molecule has 20 heavy (non-hydrogen) atoms. The lowest BCUT2D eigenvalue weighted by Crippen LogP contribution is -2.28. The topological polar surface area (TPSA) is 113 Å². The molecule has 0 aromatic heterocycles. The molecule has 1 aliphatic heterocycles. The van der Waals surface area contributed by atoms with E-state index in [1.807, 2.05) is 6.07 Å². The third kappa shape index (κ3) is 4.10. The standard InChI is InChI=1S/C12H18N4O3S/c13-20(18,19)7-1-4-16-12(17)9-2-3-10-11(8-9)15-6-5-14-10/h2-3,8,14-15H,1,4-7H2,(H,16,17)(H2,13,18,19). The van der Waals surface area contributed by atoms with Gasteiger partial charge in [-0.3, -0.25) is 4.79 Å². The highest BCUT2D eigenvalue weighted by molar-refractivity contribution is 7.89. The van der Waals surface area contributed by atoms with E-state index in [0.717, 1.165) is 24.5 Å². The van der Waals surface area contributed by atoms with Crippen LogP contribution in [0.25, 0.3) is 0 Å². The number of sulfonamides is 1. The van der Waals surface area contributed by atoms with Crippen LogP contribution in [0.1, 0.15) is 16.8 Å². The fraction of sp³-hybridized carbons (Fsp3) is 0.417. The molecule has 0 bridgehead atoms. The van der Waals surface area contributed by atoms with Crippen LogP contribution < -0.4 is 21.1 Å². The lowest BCUT2D eigenvalue weighted by Gasteiger charge is -2.20. The second-order valence-electron chi connectivity index (χ2n) is 4.59. The summed E-state index contributed by atoms with van der Waals surface area (Å²) in [4.78, 5) is 11.9. The Balaban J connectivity index is 1.89. The van der Waals surface area contributed by atoms with Crippen molar-refractivity contribution >= 4 is 27.3 Å². The van der Waals surface area contributed by atoms with E-state index in [0.29, 0.717) is 12.0 Å². The van der Waals surface area contributed by atoms with E-state index >= 15 is 0 Å². The van der Waals surface area contributed by atoms with Gasteiger partial charge in [-0.15, -0.1) is 0 Å². The first kappa shape index (κ1) is 14.6. The van der Waals surface area contributed by atoms with Gasteiger partial charge >= 0.3 is 0 Å². The number of nitrogens with one attached hydrogen (secondary N) is 3. The number of anilines is 2. The zero-order valence-corrected chi connectivity index (χ0v) is 11.8. The summed E-state index contributed by atoms with van der Waals surface area (Å²) in [6.45, 7) is 1.94. The van der Waals surface area contributed by atoms with Crippen molar-refractivity contribution < 1.29 is 13.2 Å². The fourth-order valence-corrected chi connectivity index (χ4v) is 2.50. The molecule has 7 nitrogen and oxygen atoms in total. The second kappa shape index (κ2) is 6.10. The summed E-state index contributed by atoms with van der Waals surface area (Å²) < 4.78 is 21.5. The zero-order chi connectivity index (χ0) is 14.6. The van der Waals surface area contributed by atoms with Crippen LogP contribution in [0.3, 0.4) is 0 Å². The number of nitrogens with two attached hydrogens (primary N) is 1. The van der Waals surface area contributed by atoms with Crippen molar-refractivity contribution in [3.63, 3.8) is 0 Å². The van der Waals surface area contributed by atoms with Crippen LogP contribution in [0, 0.1) is 0 Å². The van der Waals surface area contributed by atoms with Gasteiger partial charge in [-0.25, -0.2) is 13.6 Å². The summed E-state index contributed by atoms with van der Waals surface area (Å²) in [6.07, 6.45) is 0.301. The average Bonchev–Trinajstić information content (AvgIpc) is 2.42. The van der Waals surface area contributed by atoms with Crippen molar-refractivity contribution in [1.29, 1.82) is 0 Å². The summed E-state index contributed by atoms with van der Waals surface area (Å²) in [7, 11) is -3.47. The Bertz CT molecular complexity index is 601. The Morgan fingerprint density at radius 2 is 1.95 bits per heavy atom. The minimum atomic E-state index is -3.47. The summed E-state index contributed by atoms with van der Waals surface area (Å²) in [5.74, 6) is -0.363. The molecule has 1 aromatic carbocycles. The highest BCUT2D eigenvalue weighted by Crippen LogP contribution is 2.25. The molecule has 1 aromatic rings. The van der Waals surface area contributed by atoms with E-state index in [1.165, 1.54) is 0 Å². The predicted octanol–water partition coefficient (Wildman–Crippen LogP) is -0.0676. The molecule has 0 radical (unpaired) electrons. The van der Waals surface area contributed by atoms with Crippen LogP contribution in [-0.4, -0.2) is 39.7 Å². The molecule has 0 fully saturated rings. The molecule has 0 aliphatic carbocycles. The number of carbonyl (C=O) groups excluding carboxylic acids is 1. The summed E-state index contributed by atoms with van der Waals surface area (Å²) in [5, 5.41) is 14.0. The molecule has 0 saturated heterocycles. The molecule has 1 heterocycles. The van der Waals surface area contributed by atoms with Gasteiger partial charge in [0.1, 0.15) is 0 Å². The number of fused-ring (bicyclic) bond motifs is 1. The van der Waals surface area contributed by atoms with E-state index < -0.39 is 10.0 Å². The fourth-order valence-electron chi connectivity index (χ4n) is 1.96. The highest BCUT2D eigenvalue weighted by atomic mass is 32.2. The minimum Gasteiger partial charge on any atom is -0.382 e. The molecule has 0 saturated carbocycles. The normalized spacial score (nSPS) is 13.8. The van der Waals surface area contributed by atoms with Gasteiger partial charge in [-0.1, -0.05) is 0 Å². The van der Waals surface area contributed by atoms with Gasteiger partial charge in [-0.05, 0) is 24.6 Å². The lowest BCUT2D eigenvalue weighted by molar-refractivity contribution is 0.0953. The van der Waals surface area contributed by atoms with E-state index in [4.69, 9.17) is 5.14 Å². The van der Waals surface area contributed by atoms with Crippen LogP contribution in [0.2, 0.25) is 0 Å². The third-order valence-corrected chi connectivity index (χ3v) is 3.79. The largest absolute Gasteiger partial charge is 0.382 e. The van der Waals surface area contributed by atoms with Crippen LogP contribution in [-0.2, 0) is 10.0 Å². The molecule has 8 heteroatoms. The smallest absolute Gasteiger partial charge is 0.251 e. The minimum absolute atomic E-state index is 0.136. The maximum atomic E-state index is 11.9. The van der Waals surface area contributed by atoms with Gasteiger partial charge in [0.05, 0.1) is 17.1 Å².